The number of carbonyl (C=O) groups is 2. The molecule has 1 N–H and O–H groups in total. The van der Waals surface area contributed by atoms with Gasteiger partial charge in [0, 0.05) is 19.5 Å². The number of hydrogen-bond donors (Lipinski definition) is 1. The van der Waals surface area contributed by atoms with E-state index in [-0.39, 0.29) is 18.4 Å². The Morgan fingerprint density at radius 3 is 2.50 bits per heavy atom. The first kappa shape index (κ1) is 14.8. The Labute approximate surface area is 108 Å². The van der Waals surface area contributed by atoms with Crippen LogP contribution in [0.15, 0.2) is 0 Å². The predicted molar refractivity (Wildman–Crippen MR) is 67.4 cm³/mol. The van der Waals surface area contributed by atoms with Crippen molar-refractivity contribution in [2.75, 3.05) is 13.1 Å². The molecule has 1 aliphatic heterocycles. The molecule has 1 amide bonds. The van der Waals surface area contributed by atoms with Crippen molar-refractivity contribution in [2.24, 2.45) is 5.92 Å². The molecule has 5 nitrogen and oxygen atoms in total. The number of ether oxygens (including phenoxy) is 1. The van der Waals surface area contributed by atoms with Gasteiger partial charge < -0.3 is 14.7 Å². The van der Waals surface area contributed by atoms with Crippen LogP contribution in [0.5, 0.6) is 0 Å². The summed E-state index contributed by atoms with van der Waals surface area (Å²) in [5.41, 5.74) is -0.482. The Hall–Kier alpha value is -1.26. The molecule has 1 rings (SSSR count). The summed E-state index contributed by atoms with van der Waals surface area (Å²) in [5.74, 6) is -0.583. The first-order valence-electron chi connectivity index (χ1n) is 6.47. The Balaban J connectivity index is 2.46. The second kappa shape index (κ2) is 6.07. The summed E-state index contributed by atoms with van der Waals surface area (Å²) in [6.45, 7) is 6.78. The zero-order valence-electron chi connectivity index (χ0n) is 11.4. The van der Waals surface area contributed by atoms with Crippen LogP contribution in [0.3, 0.4) is 0 Å². The molecular formula is C13H23NO4. The molecule has 18 heavy (non-hydrogen) atoms. The number of carbonyl (C=O) groups excluding carboxylic acids is 1. The maximum absolute atomic E-state index is 11.9. The van der Waals surface area contributed by atoms with Gasteiger partial charge in [-0.05, 0) is 46.0 Å². The summed E-state index contributed by atoms with van der Waals surface area (Å²) in [4.78, 5) is 24.2. The van der Waals surface area contributed by atoms with E-state index in [1.54, 1.807) is 4.90 Å². The Morgan fingerprint density at radius 1 is 1.28 bits per heavy atom. The molecule has 1 saturated heterocycles. The third kappa shape index (κ3) is 5.38. The lowest BCUT2D eigenvalue weighted by Crippen LogP contribution is -2.37. The van der Waals surface area contributed by atoms with Crippen LogP contribution in [0.1, 0.15) is 46.5 Å². The topological polar surface area (TPSA) is 66.8 Å². The van der Waals surface area contributed by atoms with E-state index < -0.39 is 11.6 Å². The Morgan fingerprint density at radius 2 is 1.94 bits per heavy atom. The number of nitrogens with zero attached hydrogens (tertiary/aromatic N) is 1. The zero-order valence-corrected chi connectivity index (χ0v) is 11.4. The van der Waals surface area contributed by atoms with E-state index in [2.05, 4.69) is 0 Å². The van der Waals surface area contributed by atoms with Gasteiger partial charge in [0.15, 0.2) is 0 Å². The fourth-order valence-corrected chi connectivity index (χ4v) is 2.13. The SMILES string of the molecule is CC(C)(C)OC(=O)N1CCC[C@H](CC(=O)O)CC1. The van der Waals surface area contributed by atoms with Crippen molar-refractivity contribution in [1.82, 2.24) is 4.90 Å². The van der Waals surface area contributed by atoms with Gasteiger partial charge in [0.2, 0.25) is 0 Å². The van der Waals surface area contributed by atoms with Crippen LogP contribution in [0.4, 0.5) is 4.79 Å². The van der Waals surface area contributed by atoms with E-state index in [0.29, 0.717) is 13.1 Å². The van der Waals surface area contributed by atoms with Crippen LogP contribution in [-0.2, 0) is 9.53 Å². The number of likely N-dealkylation sites (tertiary alicyclic amines) is 1. The molecule has 0 aromatic carbocycles. The van der Waals surface area contributed by atoms with Gasteiger partial charge in [-0.3, -0.25) is 4.79 Å². The van der Waals surface area contributed by atoms with Crippen LogP contribution in [-0.4, -0.2) is 40.8 Å². The van der Waals surface area contributed by atoms with Crippen LogP contribution in [0.25, 0.3) is 0 Å². The number of carboxylic acid groups (broad SMARTS) is 1. The first-order chi connectivity index (χ1) is 8.28. The van der Waals surface area contributed by atoms with E-state index in [1.807, 2.05) is 20.8 Å². The third-order valence-corrected chi connectivity index (χ3v) is 2.96. The normalized spacial score (nSPS) is 21.3. The largest absolute Gasteiger partial charge is 0.481 e. The summed E-state index contributed by atoms with van der Waals surface area (Å²) >= 11 is 0. The first-order valence-corrected chi connectivity index (χ1v) is 6.47. The molecule has 1 aliphatic rings. The smallest absolute Gasteiger partial charge is 0.410 e. The fourth-order valence-electron chi connectivity index (χ4n) is 2.13. The summed E-state index contributed by atoms with van der Waals surface area (Å²) in [6, 6.07) is 0. The molecule has 0 spiro atoms. The standard InChI is InChI=1S/C13H23NO4/c1-13(2,3)18-12(17)14-7-4-5-10(6-8-14)9-11(15)16/h10H,4-9H2,1-3H3,(H,15,16)/t10-/m0/s1. The van der Waals surface area contributed by atoms with Crippen molar-refractivity contribution < 1.29 is 19.4 Å². The lowest BCUT2D eigenvalue weighted by molar-refractivity contribution is -0.138. The lowest BCUT2D eigenvalue weighted by Gasteiger charge is -2.26. The van der Waals surface area contributed by atoms with E-state index in [9.17, 15) is 9.59 Å². The highest BCUT2D eigenvalue weighted by Gasteiger charge is 2.25. The maximum Gasteiger partial charge on any atom is 0.410 e. The van der Waals surface area contributed by atoms with E-state index in [1.165, 1.54) is 0 Å². The van der Waals surface area contributed by atoms with Gasteiger partial charge in [-0.15, -0.1) is 0 Å². The molecule has 104 valence electrons. The molecule has 0 aromatic heterocycles. The fraction of sp³-hybridized carbons (Fsp3) is 0.846. The van der Waals surface area contributed by atoms with Crippen molar-refractivity contribution in [3.05, 3.63) is 0 Å². The van der Waals surface area contributed by atoms with Gasteiger partial charge in [-0.2, -0.15) is 0 Å². The molecule has 0 radical (unpaired) electrons. The van der Waals surface area contributed by atoms with Crippen LogP contribution in [0, 0.1) is 5.92 Å². The second-order valence-corrected chi connectivity index (χ2v) is 5.86. The van der Waals surface area contributed by atoms with Crippen molar-refractivity contribution >= 4 is 12.1 Å². The highest BCUT2D eigenvalue weighted by Crippen LogP contribution is 2.22. The van der Waals surface area contributed by atoms with Gasteiger partial charge in [0.05, 0.1) is 0 Å². The molecule has 0 unspecified atom stereocenters. The summed E-state index contributed by atoms with van der Waals surface area (Å²) in [6.07, 6.45) is 2.36. The van der Waals surface area contributed by atoms with Gasteiger partial charge in [0.25, 0.3) is 0 Å². The minimum absolute atomic E-state index is 0.176. The summed E-state index contributed by atoms with van der Waals surface area (Å²) < 4.78 is 5.32. The van der Waals surface area contributed by atoms with E-state index in [4.69, 9.17) is 9.84 Å². The second-order valence-electron chi connectivity index (χ2n) is 5.86. The molecule has 5 heteroatoms. The molecule has 1 fully saturated rings. The minimum atomic E-state index is -0.759. The van der Waals surface area contributed by atoms with Crippen molar-refractivity contribution in [2.45, 2.75) is 52.1 Å². The van der Waals surface area contributed by atoms with Gasteiger partial charge in [-0.1, -0.05) is 0 Å². The van der Waals surface area contributed by atoms with Crippen molar-refractivity contribution in [1.29, 1.82) is 0 Å². The highest BCUT2D eigenvalue weighted by atomic mass is 16.6. The maximum atomic E-state index is 11.9. The zero-order chi connectivity index (χ0) is 13.8. The van der Waals surface area contributed by atoms with Gasteiger partial charge in [-0.25, -0.2) is 4.79 Å². The number of carboxylic acids is 1. The number of rotatable bonds is 2. The monoisotopic (exact) mass is 257 g/mol. The van der Waals surface area contributed by atoms with Crippen LogP contribution in [0.2, 0.25) is 0 Å². The van der Waals surface area contributed by atoms with Crippen LogP contribution >= 0.6 is 0 Å². The van der Waals surface area contributed by atoms with E-state index in [0.717, 1.165) is 19.3 Å². The molecule has 1 atom stereocenters. The highest BCUT2D eigenvalue weighted by molar-refractivity contribution is 5.68. The molecule has 0 aromatic rings. The Bertz CT molecular complexity index is 309. The van der Waals surface area contributed by atoms with Crippen LogP contribution < -0.4 is 0 Å². The third-order valence-electron chi connectivity index (χ3n) is 2.96. The summed E-state index contributed by atoms with van der Waals surface area (Å²) in [7, 11) is 0. The van der Waals surface area contributed by atoms with Crippen molar-refractivity contribution in [3.63, 3.8) is 0 Å². The predicted octanol–water partition coefficient (Wildman–Crippen LogP) is 2.50. The molecule has 0 aliphatic carbocycles. The van der Waals surface area contributed by atoms with Gasteiger partial charge in [0.1, 0.15) is 5.60 Å². The van der Waals surface area contributed by atoms with E-state index >= 15 is 0 Å². The Kier molecular flexibility index (Phi) is 4.99. The van der Waals surface area contributed by atoms with Gasteiger partial charge >= 0.3 is 12.1 Å². The number of amides is 1. The molecule has 0 saturated carbocycles. The molecule has 0 bridgehead atoms. The summed E-state index contributed by atoms with van der Waals surface area (Å²) in [5, 5.41) is 8.78. The molecule has 1 heterocycles. The average molecular weight is 257 g/mol. The van der Waals surface area contributed by atoms with Crippen molar-refractivity contribution in [3.8, 4) is 0 Å². The quantitative estimate of drug-likeness (QED) is 0.825. The number of aliphatic carboxylic acids is 1. The average Bonchev–Trinajstić information content (AvgIpc) is 2.39. The lowest BCUT2D eigenvalue weighted by atomic mass is 9.97. The molecular weight excluding hydrogens is 234 g/mol. The minimum Gasteiger partial charge on any atom is -0.481 e. The number of hydrogen-bond acceptors (Lipinski definition) is 3.